The minimum Gasteiger partial charge on any atom is -0.496 e. The molecule has 0 N–H and O–H groups in total. The second-order valence-electron chi connectivity index (χ2n) is 9.54. The Morgan fingerprint density at radius 3 is 2.71 bits per heavy atom. The zero-order chi connectivity index (χ0) is 24.4. The van der Waals surface area contributed by atoms with Gasteiger partial charge in [-0.3, -0.25) is 9.69 Å². The Morgan fingerprint density at radius 1 is 1.11 bits per heavy atom. The fourth-order valence-electron chi connectivity index (χ4n) is 4.72. The third-order valence-electron chi connectivity index (χ3n) is 6.65. The standard InChI is InChI=1S/C29H32N2O4/c1-29(2)13-12-24-27(33-3)11-9-23(28(24)35-29)26(32)10-8-21-20-31(25-7-5-4-6-22(21)25)15-14-30-16-18-34-19-17-30/h4-13,20H,14-19H2,1-3H3/b10-8+. The normalized spacial score (nSPS) is 17.5. The number of carbonyl (C=O) groups excluding carboxylic acids is 1. The Morgan fingerprint density at radius 2 is 1.91 bits per heavy atom. The fourth-order valence-corrected chi connectivity index (χ4v) is 4.72. The topological polar surface area (TPSA) is 52.9 Å². The highest BCUT2D eigenvalue weighted by molar-refractivity contribution is 6.10. The highest BCUT2D eigenvalue weighted by atomic mass is 16.5. The zero-order valence-corrected chi connectivity index (χ0v) is 20.6. The van der Waals surface area contributed by atoms with Crippen LogP contribution < -0.4 is 9.47 Å². The Balaban J connectivity index is 1.41. The van der Waals surface area contributed by atoms with Gasteiger partial charge in [-0.2, -0.15) is 0 Å². The minimum atomic E-state index is -0.494. The van der Waals surface area contributed by atoms with Crippen molar-refractivity contribution < 1.29 is 19.0 Å². The van der Waals surface area contributed by atoms with Crippen LogP contribution in [0.3, 0.4) is 0 Å². The fraction of sp³-hybridized carbons (Fsp3) is 0.345. The van der Waals surface area contributed by atoms with Gasteiger partial charge in [-0.15, -0.1) is 0 Å². The van der Waals surface area contributed by atoms with Gasteiger partial charge in [0.2, 0.25) is 0 Å². The van der Waals surface area contributed by atoms with Crippen molar-refractivity contribution in [1.29, 1.82) is 0 Å². The molecule has 0 unspecified atom stereocenters. The van der Waals surface area contributed by atoms with Gasteiger partial charge in [-0.05, 0) is 56.4 Å². The Hall–Kier alpha value is -3.35. The number of carbonyl (C=O) groups is 1. The number of allylic oxidation sites excluding steroid dienone is 1. The van der Waals surface area contributed by atoms with Crippen LogP contribution in [-0.2, 0) is 11.3 Å². The van der Waals surface area contributed by atoms with Gasteiger partial charge < -0.3 is 18.8 Å². The molecule has 3 heterocycles. The smallest absolute Gasteiger partial charge is 0.189 e. The highest BCUT2D eigenvalue weighted by Gasteiger charge is 2.27. The van der Waals surface area contributed by atoms with Gasteiger partial charge in [0.1, 0.15) is 17.1 Å². The molecule has 2 aliphatic rings. The first-order chi connectivity index (χ1) is 16.9. The lowest BCUT2D eigenvalue weighted by Crippen LogP contribution is -2.38. The molecule has 3 aromatic rings. The molecule has 182 valence electrons. The molecule has 1 fully saturated rings. The van der Waals surface area contributed by atoms with E-state index in [0.29, 0.717) is 17.1 Å². The van der Waals surface area contributed by atoms with Crippen LogP contribution in [0.2, 0.25) is 0 Å². The quantitative estimate of drug-likeness (QED) is 0.355. The van der Waals surface area contributed by atoms with E-state index in [0.717, 1.165) is 55.9 Å². The second kappa shape index (κ2) is 9.72. The third-order valence-corrected chi connectivity index (χ3v) is 6.65. The van der Waals surface area contributed by atoms with Gasteiger partial charge in [-0.25, -0.2) is 0 Å². The van der Waals surface area contributed by atoms with Crippen molar-refractivity contribution in [3.05, 3.63) is 71.4 Å². The average Bonchev–Trinajstić information content (AvgIpc) is 3.23. The maximum atomic E-state index is 13.3. The molecule has 0 atom stereocenters. The number of ketones is 1. The first-order valence-corrected chi connectivity index (χ1v) is 12.1. The van der Waals surface area contributed by atoms with Gasteiger partial charge in [0.25, 0.3) is 0 Å². The molecule has 0 amide bonds. The first kappa shape index (κ1) is 23.4. The van der Waals surface area contributed by atoms with Gasteiger partial charge in [0, 0.05) is 48.8 Å². The predicted octanol–water partition coefficient (Wildman–Crippen LogP) is 5.06. The van der Waals surface area contributed by atoms with Crippen molar-refractivity contribution >= 4 is 28.8 Å². The molecule has 6 nitrogen and oxygen atoms in total. The van der Waals surface area contributed by atoms with Crippen molar-refractivity contribution in [1.82, 2.24) is 9.47 Å². The van der Waals surface area contributed by atoms with E-state index in [1.807, 2.05) is 44.2 Å². The van der Waals surface area contributed by atoms with Gasteiger partial charge in [0.15, 0.2) is 5.78 Å². The largest absolute Gasteiger partial charge is 0.496 e. The van der Waals surface area contributed by atoms with Crippen molar-refractivity contribution in [2.24, 2.45) is 0 Å². The SMILES string of the molecule is COc1ccc(C(=O)/C=C/c2cn(CCN3CCOCC3)c3ccccc23)c2c1C=CC(C)(C)O2. The van der Waals surface area contributed by atoms with Crippen LogP contribution in [0.4, 0.5) is 0 Å². The molecule has 2 aromatic carbocycles. The molecule has 0 spiro atoms. The van der Waals surface area contributed by atoms with E-state index >= 15 is 0 Å². The van der Waals surface area contributed by atoms with Crippen molar-refractivity contribution in [3.8, 4) is 11.5 Å². The summed E-state index contributed by atoms with van der Waals surface area (Å²) in [6.45, 7) is 9.36. The summed E-state index contributed by atoms with van der Waals surface area (Å²) in [6, 6.07) is 11.9. The lowest BCUT2D eigenvalue weighted by atomic mass is 9.97. The number of fused-ring (bicyclic) bond motifs is 2. The zero-order valence-electron chi connectivity index (χ0n) is 20.6. The van der Waals surface area contributed by atoms with Crippen molar-refractivity contribution in [2.75, 3.05) is 40.0 Å². The van der Waals surface area contributed by atoms with E-state index in [-0.39, 0.29) is 5.78 Å². The molecule has 2 aliphatic heterocycles. The second-order valence-corrected chi connectivity index (χ2v) is 9.54. The van der Waals surface area contributed by atoms with Gasteiger partial charge in [0.05, 0.1) is 31.5 Å². The average molecular weight is 473 g/mol. The summed E-state index contributed by atoms with van der Waals surface area (Å²) in [4.78, 5) is 15.7. The minimum absolute atomic E-state index is 0.0971. The van der Waals surface area contributed by atoms with E-state index in [1.165, 1.54) is 5.52 Å². The lowest BCUT2D eigenvalue weighted by Gasteiger charge is -2.29. The first-order valence-electron chi connectivity index (χ1n) is 12.1. The van der Waals surface area contributed by atoms with Crippen LogP contribution >= 0.6 is 0 Å². The maximum Gasteiger partial charge on any atom is 0.189 e. The summed E-state index contributed by atoms with van der Waals surface area (Å²) >= 11 is 0. The molecule has 1 saturated heterocycles. The number of benzene rings is 2. The van der Waals surface area contributed by atoms with E-state index in [2.05, 4.69) is 33.9 Å². The summed E-state index contributed by atoms with van der Waals surface area (Å²) in [6.07, 6.45) is 9.65. The molecule has 6 heteroatoms. The summed E-state index contributed by atoms with van der Waals surface area (Å²) in [5.74, 6) is 1.16. The molecule has 0 saturated carbocycles. The van der Waals surface area contributed by atoms with Crippen LogP contribution in [0.1, 0.15) is 35.3 Å². The molecular formula is C29H32N2O4. The number of aromatic nitrogens is 1. The van der Waals surface area contributed by atoms with Crippen LogP contribution in [0, 0.1) is 0 Å². The maximum absolute atomic E-state index is 13.3. The number of methoxy groups -OCH3 is 1. The van der Waals surface area contributed by atoms with E-state index < -0.39 is 5.60 Å². The number of morpholine rings is 1. The Kier molecular flexibility index (Phi) is 6.50. The monoisotopic (exact) mass is 472 g/mol. The highest BCUT2D eigenvalue weighted by Crippen LogP contribution is 2.40. The Labute approximate surface area is 206 Å². The molecule has 0 aliphatic carbocycles. The van der Waals surface area contributed by atoms with Crippen LogP contribution in [0.15, 0.2) is 54.7 Å². The summed E-state index contributed by atoms with van der Waals surface area (Å²) in [5.41, 5.74) is 3.03. The Bertz CT molecular complexity index is 1300. The van der Waals surface area contributed by atoms with Crippen molar-refractivity contribution in [2.45, 2.75) is 26.0 Å². The van der Waals surface area contributed by atoms with Gasteiger partial charge in [-0.1, -0.05) is 18.2 Å². The number of para-hydroxylation sites is 1. The van der Waals surface area contributed by atoms with E-state index in [1.54, 1.807) is 19.3 Å². The number of hydrogen-bond acceptors (Lipinski definition) is 5. The number of rotatable bonds is 7. The molecule has 5 rings (SSSR count). The number of hydrogen-bond donors (Lipinski definition) is 0. The summed E-state index contributed by atoms with van der Waals surface area (Å²) in [7, 11) is 1.62. The summed E-state index contributed by atoms with van der Waals surface area (Å²) in [5, 5.41) is 1.13. The molecule has 0 bridgehead atoms. The number of nitrogens with zero attached hydrogens (tertiary/aromatic N) is 2. The molecule has 35 heavy (non-hydrogen) atoms. The lowest BCUT2D eigenvalue weighted by molar-refractivity contribution is 0.0365. The molecule has 1 aromatic heterocycles. The van der Waals surface area contributed by atoms with E-state index in [4.69, 9.17) is 14.2 Å². The van der Waals surface area contributed by atoms with Crippen LogP contribution in [-0.4, -0.2) is 60.8 Å². The van der Waals surface area contributed by atoms with Gasteiger partial charge >= 0.3 is 0 Å². The summed E-state index contributed by atoms with van der Waals surface area (Å²) < 4.78 is 19.4. The third kappa shape index (κ3) is 4.90. The number of ether oxygens (including phenoxy) is 3. The predicted molar refractivity (Wildman–Crippen MR) is 139 cm³/mol. The van der Waals surface area contributed by atoms with Crippen LogP contribution in [0.25, 0.3) is 23.1 Å². The molecular weight excluding hydrogens is 440 g/mol. The molecule has 0 radical (unpaired) electrons. The van der Waals surface area contributed by atoms with Crippen LogP contribution in [0.5, 0.6) is 11.5 Å². The van der Waals surface area contributed by atoms with Crippen molar-refractivity contribution in [3.63, 3.8) is 0 Å². The van der Waals surface area contributed by atoms with E-state index in [9.17, 15) is 4.79 Å².